The Balaban J connectivity index is 2.24. The Labute approximate surface area is 115 Å². The fourth-order valence-corrected chi connectivity index (χ4v) is 2.33. The molecule has 1 heterocycles. The average molecular weight is 286 g/mol. The molecule has 2 rings (SSSR count). The van der Waals surface area contributed by atoms with E-state index >= 15 is 0 Å². The average Bonchev–Trinajstić information content (AvgIpc) is 2.32. The van der Waals surface area contributed by atoms with Gasteiger partial charge in [-0.15, -0.1) is 0 Å². The summed E-state index contributed by atoms with van der Waals surface area (Å²) < 4.78 is 44.2. The first-order valence-electron chi connectivity index (χ1n) is 6.46. The fraction of sp³-hybridized carbons (Fsp3) is 0.533. The number of alkyl halides is 3. The van der Waals surface area contributed by atoms with Gasteiger partial charge >= 0.3 is 6.18 Å². The molecule has 20 heavy (non-hydrogen) atoms. The van der Waals surface area contributed by atoms with Crippen LogP contribution in [0.1, 0.15) is 36.2 Å². The Hall–Kier alpha value is -1.52. The monoisotopic (exact) mass is 286 g/mol. The van der Waals surface area contributed by atoms with E-state index in [1.165, 1.54) is 0 Å². The van der Waals surface area contributed by atoms with Crippen molar-refractivity contribution in [2.45, 2.75) is 33.4 Å². The molecule has 0 saturated carbocycles. The van der Waals surface area contributed by atoms with Crippen LogP contribution in [0.4, 0.5) is 13.2 Å². The Morgan fingerprint density at radius 3 is 2.55 bits per heavy atom. The number of fused-ring (bicyclic) bond motifs is 1. The predicted octanol–water partition coefficient (Wildman–Crippen LogP) is 4.16. The third-order valence-electron chi connectivity index (χ3n) is 3.74. The van der Waals surface area contributed by atoms with Gasteiger partial charge in [-0.2, -0.15) is 13.2 Å². The zero-order valence-corrected chi connectivity index (χ0v) is 11.7. The van der Waals surface area contributed by atoms with Crippen LogP contribution < -0.4 is 4.74 Å². The lowest BCUT2D eigenvalue weighted by Crippen LogP contribution is -2.39. The number of hydrogen-bond donors (Lipinski definition) is 0. The molecule has 0 saturated heterocycles. The molecule has 0 radical (unpaired) electrons. The van der Waals surface area contributed by atoms with Gasteiger partial charge in [0.2, 0.25) is 0 Å². The number of hydrogen-bond acceptors (Lipinski definition) is 2. The van der Waals surface area contributed by atoms with Crippen molar-refractivity contribution in [1.82, 2.24) is 0 Å². The smallest absolute Gasteiger partial charge is 0.394 e. The maximum absolute atomic E-state index is 12.9. The van der Waals surface area contributed by atoms with Crippen LogP contribution in [0.15, 0.2) is 18.2 Å². The number of benzene rings is 1. The van der Waals surface area contributed by atoms with Gasteiger partial charge in [0.15, 0.2) is 5.78 Å². The van der Waals surface area contributed by atoms with Gasteiger partial charge in [0, 0.05) is 0 Å². The Bertz CT molecular complexity index is 532. The summed E-state index contributed by atoms with van der Waals surface area (Å²) in [4.78, 5) is 12.3. The summed E-state index contributed by atoms with van der Waals surface area (Å²) in [5.41, 5.74) is -0.631. The normalized spacial score (nSPS) is 19.5. The van der Waals surface area contributed by atoms with Crippen LogP contribution in [-0.2, 0) is 0 Å². The van der Waals surface area contributed by atoms with E-state index in [9.17, 15) is 18.0 Å². The molecule has 1 aromatic carbocycles. The molecule has 1 aliphatic rings. The van der Waals surface area contributed by atoms with E-state index in [0.717, 1.165) is 19.4 Å². The van der Waals surface area contributed by atoms with Gasteiger partial charge in [-0.25, -0.2) is 0 Å². The number of ketones is 1. The number of aryl methyl sites for hydroxylation is 1. The van der Waals surface area contributed by atoms with E-state index in [0.29, 0.717) is 11.3 Å². The number of carbonyl (C=O) groups is 1. The van der Waals surface area contributed by atoms with E-state index in [1.54, 1.807) is 12.1 Å². The van der Waals surface area contributed by atoms with Crippen LogP contribution in [0.5, 0.6) is 5.75 Å². The number of Topliss-reactive ketones (excluding diaryl/α,β-unsaturated/α-hetero) is 1. The number of halogens is 3. The molecule has 0 bridgehead atoms. The summed E-state index contributed by atoms with van der Waals surface area (Å²) >= 11 is 0. The molecule has 1 aromatic rings. The van der Waals surface area contributed by atoms with Crippen LogP contribution >= 0.6 is 0 Å². The third kappa shape index (κ3) is 2.67. The van der Waals surface area contributed by atoms with Gasteiger partial charge in [-0.3, -0.25) is 4.79 Å². The molecule has 0 amide bonds. The topological polar surface area (TPSA) is 26.3 Å². The minimum absolute atomic E-state index is 0.00834. The lowest BCUT2D eigenvalue weighted by atomic mass is 9.78. The zero-order valence-electron chi connectivity index (χ0n) is 11.7. The Kier molecular flexibility index (Phi) is 3.56. The number of rotatable bonds is 2. The second kappa shape index (κ2) is 4.79. The Morgan fingerprint density at radius 1 is 1.30 bits per heavy atom. The molecule has 0 aromatic heterocycles. The number of carbonyl (C=O) groups excluding carboxylic acids is 1. The standard InChI is InChI=1S/C15H17F3O2/c1-9-4-5-12-11(6-9)13(19)10(8-20-12)7-14(2,3)15(16,17)18/h4-6,10H,7-8H2,1-3H3/t10-/m0/s1. The second-order valence-electron chi connectivity index (χ2n) is 5.96. The van der Waals surface area contributed by atoms with Crippen molar-refractivity contribution >= 4 is 5.78 Å². The molecule has 0 fully saturated rings. The van der Waals surface area contributed by atoms with E-state index in [-0.39, 0.29) is 18.8 Å². The van der Waals surface area contributed by atoms with Crippen LogP contribution in [0.3, 0.4) is 0 Å². The third-order valence-corrected chi connectivity index (χ3v) is 3.74. The highest BCUT2D eigenvalue weighted by atomic mass is 19.4. The Morgan fingerprint density at radius 2 is 1.95 bits per heavy atom. The molecule has 1 aliphatic heterocycles. The largest absolute Gasteiger partial charge is 0.492 e. The van der Waals surface area contributed by atoms with Crippen molar-refractivity contribution in [3.8, 4) is 5.75 Å². The highest BCUT2D eigenvalue weighted by Gasteiger charge is 2.49. The van der Waals surface area contributed by atoms with Gasteiger partial charge in [0.25, 0.3) is 0 Å². The highest BCUT2D eigenvalue weighted by molar-refractivity contribution is 6.01. The van der Waals surface area contributed by atoms with E-state index in [4.69, 9.17) is 4.74 Å². The highest BCUT2D eigenvalue weighted by Crippen LogP contribution is 2.44. The minimum Gasteiger partial charge on any atom is -0.492 e. The van der Waals surface area contributed by atoms with Gasteiger partial charge in [-0.1, -0.05) is 25.5 Å². The van der Waals surface area contributed by atoms with Crippen LogP contribution in [0.2, 0.25) is 0 Å². The van der Waals surface area contributed by atoms with Gasteiger partial charge in [-0.05, 0) is 25.5 Å². The van der Waals surface area contributed by atoms with Crippen LogP contribution in [-0.4, -0.2) is 18.6 Å². The summed E-state index contributed by atoms with van der Waals surface area (Å²) in [5, 5.41) is 0. The lowest BCUT2D eigenvalue weighted by molar-refractivity contribution is -0.216. The van der Waals surface area contributed by atoms with Gasteiger partial charge < -0.3 is 4.74 Å². The minimum atomic E-state index is -4.33. The lowest BCUT2D eigenvalue weighted by Gasteiger charge is -2.33. The summed E-state index contributed by atoms with van der Waals surface area (Å²) in [6.45, 7) is 4.07. The molecular formula is C15H17F3O2. The van der Waals surface area contributed by atoms with Crippen molar-refractivity contribution in [1.29, 1.82) is 0 Å². The quantitative estimate of drug-likeness (QED) is 0.815. The molecule has 1 atom stereocenters. The summed E-state index contributed by atoms with van der Waals surface area (Å²) in [7, 11) is 0. The van der Waals surface area contributed by atoms with Crippen molar-refractivity contribution in [2.75, 3.05) is 6.61 Å². The molecule has 0 N–H and O–H groups in total. The van der Waals surface area contributed by atoms with Crippen molar-refractivity contribution in [2.24, 2.45) is 11.3 Å². The van der Waals surface area contributed by atoms with Gasteiger partial charge in [0.1, 0.15) is 5.75 Å². The molecular weight excluding hydrogens is 269 g/mol. The second-order valence-corrected chi connectivity index (χ2v) is 5.96. The first kappa shape index (κ1) is 14.9. The predicted molar refractivity (Wildman–Crippen MR) is 68.9 cm³/mol. The maximum Gasteiger partial charge on any atom is 0.394 e. The van der Waals surface area contributed by atoms with E-state index < -0.39 is 17.5 Å². The van der Waals surface area contributed by atoms with E-state index in [1.807, 2.05) is 13.0 Å². The first-order valence-corrected chi connectivity index (χ1v) is 6.46. The SMILES string of the molecule is Cc1ccc2c(c1)C(=O)[C@@H](CC(C)(C)C(F)(F)F)CO2. The molecule has 0 aliphatic carbocycles. The van der Waals surface area contributed by atoms with Crippen molar-refractivity contribution in [3.63, 3.8) is 0 Å². The summed E-state index contributed by atoms with van der Waals surface area (Å²) in [6, 6.07) is 5.17. The van der Waals surface area contributed by atoms with Crippen LogP contribution in [0.25, 0.3) is 0 Å². The summed E-state index contributed by atoms with van der Waals surface area (Å²) in [5.74, 6) is -0.546. The number of ether oxygens (including phenoxy) is 1. The first-order chi connectivity index (χ1) is 9.12. The molecule has 110 valence electrons. The molecule has 2 nitrogen and oxygen atoms in total. The maximum atomic E-state index is 12.9. The van der Waals surface area contributed by atoms with Gasteiger partial charge in [0.05, 0.1) is 23.5 Å². The van der Waals surface area contributed by atoms with E-state index in [2.05, 4.69) is 0 Å². The zero-order chi connectivity index (χ0) is 15.1. The van der Waals surface area contributed by atoms with Crippen molar-refractivity contribution in [3.05, 3.63) is 29.3 Å². The fourth-order valence-electron chi connectivity index (χ4n) is 2.33. The molecule has 5 heteroatoms. The van der Waals surface area contributed by atoms with Crippen molar-refractivity contribution < 1.29 is 22.7 Å². The van der Waals surface area contributed by atoms with Crippen LogP contribution in [0, 0.1) is 18.3 Å². The molecule has 0 spiro atoms. The summed E-state index contributed by atoms with van der Waals surface area (Å²) in [6.07, 6.45) is -4.59. The molecule has 0 unspecified atom stereocenters.